The van der Waals surface area contributed by atoms with Crippen LogP contribution in [0.4, 0.5) is 10.1 Å². The molecule has 0 aliphatic carbocycles. The quantitative estimate of drug-likeness (QED) is 0.648. The van der Waals surface area contributed by atoms with Gasteiger partial charge in [-0.1, -0.05) is 23.2 Å². The Morgan fingerprint density at radius 3 is 2.37 bits per heavy atom. The van der Waals surface area contributed by atoms with E-state index >= 15 is 0 Å². The Bertz CT molecular complexity index is 1100. The van der Waals surface area contributed by atoms with E-state index in [0.29, 0.717) is 22.5 Å². The zero-order valence-electron chi connectivity index (χ0n) is 14.5. The molecule has 0 amide bonds. The van der Waals surface area contributed by atoms with Crippen molar-refractivity contribution in [3.05, 3.63) is 64.0 Å². The molecular weight excluding hydrogens is 412 g/mol. The molecule has 0 aliphatic heterocycles. The lowest BCUT2D eigenvalue weighted by molar-refractivity contribution is 0.397. The van der Waals surface area contributed by atoms with Crippen LogP contribution in [0.25, 0.3) is 10.9 Å². The van der Waals surface area contributed by atoms with Crippen LogP contribution in [0.3, 0.4) is 0 Å². The molecule has 0 bridgehead atoms. The summed E-state index contributed by atoms with van der Waals surface area (Å²) < 4.78 is 40.9. The summed E-state index contributed by atoms with van der Waals surface area (Å²) in [6, 6.07) is 9.55. The molecule has 0 radical (unpaired) electrons. The van der Waals surface area contributed by atoms with Crippen molar-refractivity contribution in [3.63, 3.8) is 0 Å². The molecule has 5 nitrogen and oxygen atoms in total. The van der Waals surface area contributed by atoms with Gasteiger partial charge in [0.1, 0.15) is 5.82 Å². The van der Waals surface area contributed by atoms with Crippen LogP contribution in [-0.4, -0.2) is 32.4 Å². The molecule has 0 fully saturated rings. The molecule has 0 saturated heterocycles. The average molecular weight is 428 g/mol. The fourth-order valence-corrected chi connectivity index (χ4v) is 4.28. The minimum atomic E-state index is -3.99. The molecule has 0 saturated carbocycles. The van der Waals surface area contributed by atoms with Gasteiger partial charge in [-0.25, -0.2) is 17.8 Å². The number of pyridine rings is 1. The number of anilines is 1. The number of nitrogens with one attached hydrogen (secondary N) is 1. The van der Waals surface area contributed by atoms with Gasteiger partial charge in [0.2, 0.25) is 0 Å². The maximum atomic E-state index is 13.1. The van der Waals surface area contributed by atoms with E-state index in [1.165, 1.54) is 18.2 Å². The summed E-state index contributed by atoms with van der Waals surface area (Å²) in [5, 5.41) is 1.05. The smallest absolute Gasteiger partial charge is 0.262 e. The van der Waals surface area contributed by atoms with Crippen molar-refractivity contribution >= 4 is 49.8 Å². The van der Waals surface area contributed by atoms with Crippen LogP contribution < -0.4 is 4.72 Å². The first-order chi connectivity index (χ1) is 12.7. The summed E-state index contributed by atoms with van der Waals surface area (Å²) >= 11 is 12.5. The van der Waals surface area contributed by atoms with Crippen molar-refractivity contribution < 1.29 is 12.8 Å². The average Bonchev–Trinajstić information content (AvgIpc) is 2.58. The fourth-order valence-electron chi connectivity index (χ4n) is 2.57. The molecule has 9 heteroatoms. The van der Waals surface area contributed by atoms with E-state index in [1.807, 2.05) is 25.1 Å². The second-order valence-corrected chi connectivity index (χ2v) is 8.71. The number of hydrogen-bond donors (Lipinski definition) is 1. The van der Waals surface area contributed by atoms with Gasteiger partial charge in [0.25, 0.3) is 10.0 Å². The van der Waals surface area contributed by atoms with Gasteiger partial charge in [0, 0.05) is 11.9 Å². The summed E-state index contributed by atoms with van der Waals surface area (Å²) in [5.41, 5.74) is 1.20. The van der Waals surface area contributed by atoms with E-state index in [1.54, 1.807) is 6.07 Å². The summed E-state index contributed by atoms with van der Waals surface area (Å²) in [4.78, 5) is 6.37. The molecule has 2 aromatic carbocycles. The second-order valence-electron chi connectivity index (χ2n) is 6.21. The number of rotatable bonds is 5. The molecule has 27 heavy (non-hydrogen) atoms. The Balaban J connectivity index is 2.13. The first-order valence-corrected chi connectivity index (χ1v) is 10.1. The topological polar surface area (TPSA) is 62.3 Å². The van der Waals surface area contributed by atoms with Gasteiger partial charge in [0.05, 0.1) is 31.8 Å². The summed E-state index contributed by atoms with van der Waals surface area (Å²) in [6.45, 7) is 0.560. The lowest BCUT2D eigenvalue weighted by Crippen LogP contribution is -2.15. The van der Waals surface area contributed by atoms with Gasteiger partial charge >= 0.3 is 0 Å². The molecule has 0 atom stereocenters. The van der Waals surface area contributed by atoms with Crippen molar-refractivity contribution in [1.29, 1.82) is 0 Å². The van der Waals surface area contributed by atoms with Gasteiger partial charge < -0.3 is 4.90 Å². The largest absolute Gasteiger partial charge is 0.304 e. The van der Waals surface area contributed by atoms with Crippen LogP contribution in [0.15, 0.2) is 47.4 Å². The van der Waals surface area contributed by atoms with E-state index in [0.717, 1.165) is 17.8 Å². The minimum Gasteiger partial charge on any atom is -0.304 e. The Morgan fingerprint density at radius 2 is 1.74 bits per heavy atom. The number of hydrogen-bond acceptors (Lipinski definition) is 4. The summed E-state index contributed by atoms with van der Waals surface area (Å²) in [6.07, 6.45) is 0. The van der Waals surface area contributed by atoms with E-state index in [9.17, 15) is 12.8 Å². The molecule has 0 unspecified atom stereocenters. The third-order valence-electron chi connectivity index (χ3n) is 3.78. The predicted molar refractivity (Wildman–Crippen MR) is 106 cm³/mol. The highest BCUT2D eigenvalue weighted by Crippen LogP contribution is 2.36. The molecule has 3 rings (SSSR count). The van der Waals surface area contributed by atoms with Crippen LogP contribution >= 0.6 is 23.2 Å². The zero-order chi connectivity index (χ0) is 19.8. The Morgan fingerprint density at radius 1 is 1.07 bits per heavy atom. The predicted octanol–water partition coefficient (Wildman–Crippen LogP) is 4.54. The Labute approximate surface area is 166 Å². The molecule has 0 aliphatic rings. The van der Waals surface area contributed by atoms with Gasteiger partial charge in [-0.15, -0.1) is 0 Å². The second kappa shape index (κ2) is 7.59. The van der Waals surface area contributed by atoms with Gasteiger partial charge in [0.15, 0.2) is 0 Å². The van der Waals surface area contributed by atoms with Crippen LogP contribution in [0.5, 0.6) is 0 Å². The lowest BCUT2D eigenvalue weighted by Gasteiger charge is -2.15. The number of halogens is 3. The lowest BCUT2D eigenvalue weighted by atomic mass is 10.1. The standard InChI is InChI=1S/C18H16Cl2FN3O2S/c1-24(2)10-12-5-8-14-15(19)9-16(20)18(17(14)22-12)23-27(25,26)13-6-3-11(21)4-7-13/h3-9,23H,10H2,1-2H3. The highest BCUT2D eigenvalue weighted by Gasteiger charge is 2.20. The van der Waals surface area contributed by atoms with Crippen molar-refractivity contribution in [1.82, 2.24) is 9.88 Å². The highest BCUT2D eigenvalue weighted by molar-refractivity contribution is 7.92. The summed E-state index contributed by atoms with van der Waals surface area (Å²) in [5.74, 6) is -0.529. The van der Waals surface area contributed by atoms with Crippen molar-refractivity contribution in [3.8, 4) is 0 Å². The van der Waals surface area contributed by atoms with Gasteiger partial charge in [-0.05, 0) is 56.6 Å². The summed E-state index contributed by atoms with van der Waals surface area (Å²) in [7, 11) is -0.192. The molecule has 1 heterocycles. The number of aromatic nitrogens is 1. The highest BCUT2D eigenvalue weighted by atomic mass is 35.5. The Hall–Kier alpha value is -1.93. The van der Waals surface area contributed by atoms with Gasteiger partial charge in [-0.2, -0.15) is 0 Å². The Kier molecular flexibility index (Phi) is 5.58. The van der Waals surface area contributed by atoms with Crippen LogP contribution in [0, 0.1) is 5.82 Å². The van der Waals surface area contributed by atoms with Gasteiger partial charge in [-0.3, -0.25) is 4.72 Å². The monoisotopic (exact) mass is 427 g/mol. The number of nitrogens with zero attached hydrogens (tertiary/aromatic N) is 2. The van der Waals surface area contributed by atoms with Crippen LogP contribution in [-0.2, 0) is 16.6 Å². The fraction of sp³-hybridized carbons (Fsp3) is 0.167. The molecule has 1 N–H and O–H groups in total. The van der Waals surface area contributed by atoms with Crippen molar-refractivity contribution in [2.45, 2.75) is 11.4 Å². The normalized spacial score (nSPS) is 11.9. The van der Waals surface area contributed by atoms with E-state index in [-0.39, 0.29) is 15.6 Å². The maximum Gasteiger partial charge on any atom is 0.262 e. The van der Waals surface area contributed by atoms with E-state index < -0.39 is 15.8 Å². The van der Waals surface area contributed by atoms with Crippen molar-refractivity contribution in [2.24, 2.45) is 0 Å². The van der Waals surface area contributed by atoms with E-state index in [2.05, 4.69) is 9.71 Å². The zero-order valence-corrected chi connectivity index (χ0v) is 16.8. The first kappa shape index (κ1) is 19.8. The van der Waals surface area contributed by atoms with E-state index in [4.69, 9.17) is 23.2 Å². The van der Waals surface area contributed by atoms with Crippen LogP contribution in [0.2, 0.25) is 10.0 Å². The molecule has 1 aromatic heterocycles. The van der Waals surface area contributed by atoms with Crippen LogP contribution in [0.1, 0.15) is 5.69 Å². The molecule has 0 spiro atoms. The SMILES string of the molecule is CN(C)Cc1ccc2c(Cl)cc(Cl)c(NS(=O)(=O)c3ccc(F)cc3)c2n1. The van der Waals surface area contributed by atoms with Crippen molar-refractivity contribution in [2.75, 3.05) is 18.8 Å². The molecule has 142 valence electrons. The first-order valence-electron chi connectivity index (χ1n) is 7.88. The molecular formula is C18H16Cl2FN3O2S. The number of sulfonamides is 1. The number of fused-ring (bicyclic) bond motifs is 1. The number of benzene rings is 2. The minimum absolute atomic E-state index is 0.0903. The maximum absolute atomic E-state index is 13.1. The molecule has 3 aromatic rings. The third-order valence-corrected chi connectivity index (χ3v) is 5.75. The third kappa shape index (κ3) is 4.32.